The molecule has 1 unspecified atom stereocenters. The molecule has 1 aromatic heterocycles. The Morgan fingerprint density at radius 2 is 1.86 bits per heavy atom. The first-order valence-corrected chi connectivity index (χ1v) is 21.0. The van der Waals surface area contributed by atoms with E-state index in [0.717, 1.165) is 12.8 Å². The Bertz CT molecular complexity index is 2030. The molecule has 2 aliphatic carbocycles. The second kappa shape index (κ2) is 15.5. The maximum Gasteiger partial charge on any atom is 0.408 e. The highest BCUT2D eigenvalue weighted by Crippen LogP contribution is 2.47. The van der Waals surface area contributed by atoms with Crippen molar-refractivity contribution in [3.8, 4) is 11.6 Å². The fourth-order valence-electron chi connectivity index (χ4n) is 7.33. The van der Waals surface area contributed by atoms with Gasteiger partial charge in [0.05, 0.1) is 22.9 Å². The number of pyridine rings is 1. The number of aromatic nitrogens is 1. The van der Waals surface area contributed by atoms with Gasteiger partial charge in [-0.05, 0) is 99.1 Å². The molecule has 1 saturated heterocycles. The lowest BCUT2D eigenvalue weighted by atomic mass is 10.0. The lowest BCUT2D eigenvalue weighted by Gasteiger charge is -2.30. The van der Waals surface area contributed by atoms with Crippen molar-refractivity contribution in [1.82, 2.24) is 25.2 Å². The lowest BCUT2D eigenvalue weighted by Crippen LogP contribution is -2.58. The SMILES string of the molecule is Cc1c(F)ccc2c(O[C@@H]3C[C@H]4C(=O)N[C@]5(C(=O)NS(=O)(=O)C6(C)CC6)CC5/C=C\CCCCC[C@H](NC(=O)OC(C)(C)C)C(=O)N4C3)cc(OC(C)C)nc12. The number of hydrogen-bond donors (Lipinski definition) is 3. The molecule has 4 amide bonds. The fourth-order valence-corrected chi connectivity index (χ4v) is 8.64. The summed E-state index contributed by atoms with van der Waals surface area (Å²) in [5.74, 6) is -2.45. The Morgan fingerprint density at radius 3 is 2.54 bits per heavy atom. The minimum absolute atomic E-state index is 0.0182. The van der Waals surface area contributed by atoms with Crippen LogP contribution >= 0.6 is 0 Å². The van der Waals surface area contributed by atoms with E-state index in [4.69, 9.17) is 14.2 Å². The number of hydrogen-bond acceptors (Lipinski definition) is 10. The van der Waals surface area contributed by atoms with E-state index in [1.54, 1.807) is 46.8 Å². The molecule has 306 valence electrons. The van der Waals surface area contributed by atoms with Gasteiger partial charge in [0.15, 0.2) is 0 Å². The van der Waals surface area contributed by atoms with Crippen LogP contribution in [0.15, 0.2) is 30.4 Å². The largest absolute Gasteiger partial charge is 0.488 e. The van der Waals surface area contributed by atoms with E-state index in [1.165, 1.54) is 11.0 Å². The van der Waals surface area contributed by atoms with Crippen molar-refractivity contribution in [2.45, 2.75) is 146 Å². The average Bonchev–Trinajstić information content (AvgIpc) is 3.97. The van der Waals surface area contributed by atoms with Crippen LogP contribution in [0.2, 0.25) is 0 Å². The molecule has 2 aromatic rings. The first kappa shape index (κ1) is 41.2. The molecular formula is C40H54FN5O9S. The number of amides is 4. The number of sulfonamides is 1. The molecule has 0 bridgehead atoms. The summed E-state index contributed by atoms with van der Waals surface area (Å²) in [7, 11) is -4.02. The quantitative estimate of drug-likeness (QED) is 0.304. The maximum absolute atomic E-state index is 14.7. The van der Waals surface area contributed by atoms with E-state index in [0.29, 0.717) is 47.9 Å². The van der Waals surface area contributed by atoms with Gasteiger partial charge in [0.1, 0.15) is 40.9 Å². The number of nitrogens with one attached hydrogen (secondary N) is 3. The molecule has 3 heterocycles. The normalized spacial score (nSPS) is 27.2. The summed E-state index contributed by atoms with van der Waals surface area (Å²) in [6.45, 7) is 11.9. The average molecular weight is 800 g/mol. The Labute approximate surface area is 327 Å². The van der Waals surface area contributed by atoms with Crippen molar-refractivity contribution < 1.29 is 46.2 Å². The Balaban J connectivity index is 1.35. The van der Waals surface area contributed by atoms with Crippen LogP contribution in [-0.4, -0.2) is 88.8 Å². The van der Waals surface area contributed by atoms with Crippen LogP contribution in [0.1, 0.15) is 105 Å². The third-order valence-electron chi connectivity index (χ3n) is 10.9. The predicted octanol–water partition coefficient (Wildman–Crippen LogP) is 5.10. The number of aryl methyl sites for hydroxylation is 1. The molecule has 0 spiro atoms. The van der Waals surface area contributed by atoms with Gasteiger partial charge >= 0.3 is 6.09 Å². The highest BCUT2D eigenvalue weighted by molar-refractivity contribution is 7.91. The topological polar surface area (TPSA) is 182 Å². The van der Waals surface area contributed by atoms with E-state index in [2.05, 4.69) is 20.3 Å². The predicted molar refractivity (Wildman–Crippen MR) is 206 cm³/mol. The molecule has 1 aromatic carbocycles. The van der Waals surface area contributed by atoms with E-state index >= 15 is 0 Å². The number of carbonyl (C=O) groups excluding carboxylic acids is 4. The number of fused-ring (bicyclic) bond motifs is 3. The molecule has 16 heteroatoms. The van der Waals surface area contributed by atoms with Gasteiger partial charge in [0.25, 0.3) is 5.91 Å². The fraction of sp³-hybridized carbons (Fsp3) is 0.625. The first-order chi connectivity index (χ1) is 26.2. The maximum atomic E-state index is 14.7. The third kappa shape index (κ3) is 8.89. The summed E-state index contributed by atoms with van der Waals surface area (Å²) in [4.78, 5) is 61.8. The highest BCUT2D eigenvalue weighted by atomic mass is 32.2. The number of halogens is 1. The zero-order chi connectivity index (χ0) is 40.8. The molecule has 0 radical (unpaired) electrons. The molecule has 6 rings (SSSR count). The number of ether oxygens (including phenoxy) is 3. The molecule has 2 saturated carbocycles. The van der Waals surface area contributed by atoms with Gasteiger partial charge in [0, 0.05) is 29.4 Å². The number of nitrogens with zero attached hydrogens (tertiary/aromatic N) is 2. The van der Waals surface area contributed by atoms with Crippen LogP contribution in [0, 0.1) is 18.7 Å². The van der Waals surface area contributed by atoms with Crippen LogP contribution in [-0.2, 0) is 29.1 Å². The smallest absolute Gasteiger partial charge is 0.408 e. The van der Waals surface area contributed by atoms with E-state index in [-0.39, 0.29) is 37.8 Å². The summed E-state index contributed by atoms with van der Waals surface area (Å²) in [5, 5.41) is 6.10. The van der Waals surface area contributed by atoms with E-state index in [9.17, 15) is 32.0 Å². The molecule has 56 heavy (non-hydrogen) atoms. The van der Waals surface area contributed by atoms with Gasteiger partial charge < -0.3 is 29.7 Å². The van der Waals surface area contributed by atoms with Crippen LogP contribution < -0.4 is 24.8 Å². The summed E-state index contributed by atoms with van der Waals surface area (Å²) < 4.78 is 60.2. The molecule has 4 aliphatic rings. The van der Waals surface area contributed by atoms with Crippen molar-refractivity contribution in [2.75, 3.05) is 6.54 Å². The van der Waals surface area contributed by atoms with Gasteiger partial charge in [-0.1, -0.05) is 25.0 Å². The van der Waals surface area contributed by atoms with Crippen molar-refractivity contribution >= 4 is 44.7 Å². The van der Waals surface area contributed by atoms with Gasteiger partial charge in [-0.3, -0.25) is 19.1 Å². The lowest BCUT2D eigenvalue weighted by molar-refractivity contribution is -0.141. The van der Waals surface area contributed by atoms with Crippen molar-refractivity contribution in [3.63, 3.8) is 0 Å². The summed E-state index contributed by atoms with van der Waals surface area (Å²) in [6.07, 6.45) is 6.00. The number of carbonyl (C=O) groups is 4. The number of alkyl carbamates (subject to hydrolysis) is 1. The zero-order valence-electron chi connectivity index (χ0n) is 33.2. The molecule has 3 N–H and O–H groups in total. The van der Waals surface area contributed by atoms with Crippen molar-refractivity contribution in [3.05, 3.63) is 41.7 Å². The van der Waals surface area contributed by atoms with Crippen molar-refractivity contribution in [1.29, 1.82) is 0 Å². The van der Waals surface area contributed by atoms with Gasteiger partial charge in [-0.2, -0.15) is 0 Å². The highest BCUT2D eigenvalue weighted by Gasteiger charge is 2.63. The second-order valence-electron chi connectivity index (χ2n) is 17.1. The Hall–Kier alpha value is -4.47. The summed E-state index contributed by atoms with van der Waals surface area (Å²) in [5.41, 5.74) is -1.76. The molecule has 3 fully saturated rings. The van der Waals surface area contributed by atoms with E-state index in [1.807, 2.05) is 26.0 Å². The first-order valence-electron chi connectivity index (χ1n) is 19.5. The number of allylic oxidation sites excluding steroid dienone is 1. The monoisotopic (exact) mass is 799 g/mol. The van der Waals surface area contributed by atoms with Crippen LogP contribution in [0.3, 0.4) is 0 Å². The number of rotatable bonds is 8. The Kier molecular flexibility index (Phi) is 11.4. The molecule has 2 aliphatic heterocycles. The number of benzene rings is 1. The van der Waals surface area contributed by atoms with Crippen molar-refractivity contribution in [2.24, 2.45) is 5.92 Å². The van der Waals surface area contributed by atoms with Gasteiger partial charge in [-0.25, -0.2) is 22.6 Å². The van der Waals surface area contributed by atoms with Crippen LogP contribution in [0.4, 0.5) is 9.18 Å². The third-order valence-corrected chi connectivity index (χ3v) is 13.1. The minimum atomic E-state index is -4.02. The summed E-state index contributed by atoms with van der Waals surface area (Å²) in [6, 6.07) is 2.23. The Morgan fingerprint density at radius 1 is 1.12 bits per heavy atom. The molecule has 14 nitrogen and oxygen atoms in total. The standard InChI is InChI=1S/C40H54FN5O9S/c1-23(2)53-32-20-31(27-15-16-28(41)24(3)33(27)43-32)54-26-19-30-34(47)44-40(36(49)45-56(51,52)39(7)17-18-39)21-25(40)13-11-9-8-10-12-14-29(35(48)46(30)22-26)42-37(50)55-38(4,5)6/h11,13,15-16,20,23,25-26,29-30H,8-10,12,14,17-19,21-22H2,1-7H3,(H,42,50)(H,44,47)(H,45,49)/b13-11-/t25?,26-,29+,30+,40-/m1/s1. The second-order valence-corrected chi connectivity index (χ2v) is 19.3. The molecule has 5 atom stereocenters. The molecular weight excluding hydrogens is 746 g/mol. The summed E-state index contributed by atoms with van der Waals surface area (Å²) >= 11 is 0. The zero-order valence-corrected chi connectivity index (χ0v) is 34.0. The van der Waals surface area contributed by atoms with Crippen LogP contribution in [0.5, 0.6) is 11.6 Å². The van der Waals surface area contributed by atoms with Crippen LogP contribution in [0.25, 0.3) is 10.9 Å². The van der Waals surface area contributed by atoms with Gasteiger partial charge in [-0.15, -0.1) is 0 Å². The van der Waals surface area contributed by atoms with E-state index < -0.39 is 79.6 Å². The van der Waals surface area contributed by atoms with Gasteiger partial charge in [0.2, 0.25) is 27.7 Å². The minimum Gasteiger partial charge on any atom is -0.488 e.